The van der Waals surface area contributed by atoms with E-state index in [0.29, 0.717) is 23.1 Å². The Kier molecular flexibility index (Phi) is 2.96. The number of carbonyl (C=O) groups is 1. The topological polar surface area (TPSA) is 45.2 Å². The summed E-state index contributed by atoms with van der Waals surface area (Å²) in [5.41, 5.74) is 0.440. The van der Waals surface area contributed by atoms with Crippen molar-refractivity contribution in [1.29, 1.82) is 0 Å². The van der Waals surface area contributed by atoms with E-state index in [9.17, 15) is 4.79 Å². The first-order chi connectivity index (χ1) is 9.02. The van der Waals surface area contributed by atoms with Crippen molar-refractivity contribution in [2.75, 3.05) is 24.7 Å². The molecule has 1 aromatic rings. The summed E-state index contributed by atoms with van der Waals surface area (Å²) in [6.45, 7) is 6.35. The summed E-state index contributed by atoms with van der Waals surface area (Å²) in [6.07, 6.45) is 3.79. The minimum Gasteiger partial charge on any atom is -0.324 e. The fraction of sp³-hybridized carbons (Fsp3) is 0.571. The molecule has 1 N–H and O–H groups in total. The molecule has 0 bridgehead atoms. The number of nitrogens with one attached hydrogen (secondary N) is 1. The van der Waals surface area contributed by atoms with Gasteiger partial charge in [0.2, 0.25) is 0 Å². The maximum Gasteiger partial charge on any atom is 0.323 e. The Morgan fingerprint density at radius 2 is 2.11 bits per heavy atom. The second-order valence-corrected chi connectivity index (χ2v) is 6.83. The van der Waals surface area contributed by atoms with Crippen molar-refractivity contribution in [1.82, 2.24) is 9.88 Å². The summed E-state index contributed by atoms with van der Waals surface area (Å²) < 4.78 is 0. The highest BCUT2D eigenvalue weighted by Gasteiger charge is 2.62. The van der Waals surface area contributed by atoms with E-state index in [-0.39, 0.29) is 6.03 Å². The van der Waals surface area contributed by atoms with Gasteiger partial charge in [-0.15, -0.1) is 11.8 Å². The third-order valence-corrected chi connectivity index (χ3v) is 5.33. The van der Waals surface area contributed by atoms with Gasteiger partial charge in [0.25, 0.3) is 0 Å². The molecule has 0 aromatic carbocycles. The van der Waals surface area contributed by atoms with Crippen LogP contribution in [0.3, 0.4) is 0 Å². The molecule has 102 valence electrons. The number of piperidine rings is 1. The number of carbonyl (C=O) groups excluding carboxylic acids is 1. The highest BCUT2D eigenvalue weighted by Crippen LogP contribution is 2.61. The van der Waals surface area contributed by atoms with Crippen LogP contribution in [0.25, 0.3) is 0 Å². The third-order valence-electron chi connectivity index (χ3n) is 4.62. The molecule has 1 aromatic heterocycles. The van der Waals surface area contributed by atoms with E-state index in [4.69, 9.17) is 0 Å². The summed E-state index contributed by atoms with van der Waals surface area (Å²) in [5.74, 6) is 2.00. The number of rotatable bonds is 2. The predicted octanol–water partition coefficient (Wildman–Crippen LogP) is 2.92. The quantitative estimate of drug-likeness (QED) is 0.845. The van der Waals surface area contributed by atoms with Crippen LogP contribution in [0.5, 0.6) is 0 Å². The number of hydrogen-bond acceptors (Lipinski definition) is 3. The number of anilines is 1. The number of likely N-dealkylation sites (tertiary alicyclic amines) is 1. The molecule has 2 amide bonds. The second-order valence-electron chi connectivity index (χ2n) is 5.95. The van der Waals surface area contributed by atoms with Crippen LogP contribution in [0.1, 0.15) is 13.8 Å². The van der Waals surface area contributed by atoms with Gasteiger partial charge < -0.3 is 4.90 Å². The zero-order chi connectivity index (χ0) is 13.6. The number of hydrogen-bond donors (Lipinski definition) is 1. The molecule has 2 atom stereocenters. The van der Waals surface area contributed by atoms with E-state index in [2.05, 4.69) is 24.1 Å². The van der Waals surface area contributed by atoms with Crippen LogP contribution >= 0.6 is 11.8 Å². The van der Waals surface area contributed by atoms with Crippen LogP contribution in [-0.2, 0) is 0 Å². The van der Waals surface area contributed by atoms with E-state index in [1.54, 1.807) is 18.0 Å². The van der Waals surface area contributed by atoms with Crippen LogP contribution in [-0.4, -0.2) is 35.3 Å². The zero-order valence-corrected chi connectivity index (χ0v) is 12.3. The number of fused-ring (bicyclic) bond motifs is 1. The van der Waals surface area contributed by atoms with E-state index in [1.165, 1.54) is 0 Å². The molecule has 4 nitrogen and oxygen atoms in total. The molecule has 3 rings (SSSR count). The maximum absolute atomic E-state index is 12.1. The monoisotopic (exact) mass is 277 g/mol. The van der Waals surface area contributed by atoms with Gasteiger partial charge in [0.15, 0.2) is 0 Å². The van der Waals surface area contributed by atoms with Gasteiger partial charge in [-0.3, -0.25) is 5.32 Å². The molecule has 1 saturated carbocycles. The first kappa shape index (κ1) is 12.8. The normalized spacial score (nSPS) is 27.0. The minimum atomic E-state index is -0.0209. The molecule has 0 unspecified atom stereocenters. The average Bonchev–Trinajstić information content (AvgIpc) is 2.81. The molecule has 1 aliphatic heterocycles. The highest BCUT2D eigenvalue weighted by molar-refractivity contribution is 7.98. The molecule has 2 heterocycles. The molecule has 0 spiro atoms. The molecule has 5 heteroatoms. The maximum atomic E-state index is 12.1. The van der Waals surface area contributed by atoms with Crippen molar-refractivity contribution in [3.8, 4) is 0 Å². The minimum absolute atomic E-state index is 0.0209. The predicted molar refractivity (Wildman–Crippen MR) is 77.4 cm³/mol. The molecule has 1 aliphatic carbocycles. The Morgan fingerprint density at radius 3 is 2.63 bits per heavy atom. The van der Waals surface area contributed by atoms with Crippen molar-refractivity contribution >= 4 is 23.6 Å². The number of thioether (sulfide) groups is 1. The first-order valence-corrected chi connectivity index (χ1v) is 7.81. The smallest absolute Gasteiger partial charge is 0.323 e. The second kappa shape index (κ2) is 4.40. The number of pyridine rings is 1. The lowest BCUT2D eigenvalue weighted by atomic mass is 10.1. The van der Waals surface area contributed by atoms with E-state index >= 15 is 0 Å². The van der Waals surface area contributed by atoms with E-state index in [1.807, 2.05) is 23.3 Å². The fourth-order valence-electron chi connectivity index (χ4n) is 3.06. The molecule has 19 heavy (non-hydrogen) atoms. The zero-order valence-electron chi connectivity index (χ0n) is 11.5. The van der Waals surface area contributed by atoms with Crippen molar-refractivity contribution in [3.63, 3.8) is 0 Å². The van der Waals surface area contributed by atoms with Crippen molar-refractivity contribution in [2.24, 2.45) is 17.3 Å². The van der Waals surface area contributed by atoms with Gasteiger partial charge in [-0.05, 0) is 35.6 Å². The van der Waals surface area contributed by atoms with E-state index in [0.717, 1.165) is 18.0 Å². The van der Waals surface area contributed by atoms with Gasteiger partial charge in [-0.1, -0.05) is 13.8 Å². The van der Waals surface area contributed by atoms with Crippen LogP contribution in [0, 0.1) is 17.3 Å². The Bertz CT molecular complexity index is 486. The fourth-order valence-corrected chi connectivity index (χ4v) is 3.42. The number of amides is 2. The van der Waals surface area contributed by atoms with Crippen LogP contribution in [0.15, 0.2) is 23.2 Å². The molecule has 2 aliphatic rings. The number of urea groups is 1. The van der Waals surface area contributed by atoms with Crippen molar-refractivity contribution in [3.05, 3.63) is 18.3 Å². The summed E-state index contributed by atoms with van der Waals surface area (Å²) in [6, 6.07) is 3.80. The molecular weight excluding hydrogens is 258 g/mol. The van der Waals surface area contributed by atoms with Crippen molar-refractivity contribution < 1.29 is 4.79 Å². The molecule has 2 fully saturated rings. The van der Waals surface area contributed by atoms with Gasteiger partial charge in [0, 0.05) is 24.2 Å². The lowest BCUT2D eigenvalue weighted by Crippen LogP contribution is -2.36. The van der Waals surface area contributed by atoms with Crippen LogP contribution in [0.2, 0.25) is 0 Å². The van der Waals surface area contributed by atoms with Crippen molar-refractivity contribution in [2.45, 2.75) is 18.7 Å². The standard InChI is InChI=1S/C14H19N3OS/c1-14(2)10-7-17(8-11(10)14)13(18)16-12-5-4-9(19-3)6-15-12/h4-6,10-11H,7-8H2,1-3H3,(H,15,16,18)/t10-,11-/m0/s1. The highest BCUT2D eigenvalue weighted by atomic mass is 32.2. The lowest BCUT2D eigenvalue weighted by molar-refractivity contribution is 0.209. The Balaban J connectivity index is 1.57. The Morgan fingerprint density at radius 1 is 1.42 bits per heavy atom. The van der Waals surface area contributed by atoms with Gasteiger partial charge >= 0.3 is 6.03 Å². The number of aromatic nitrogens is 1. The van der Waals surface area contributed by atoms with Gasteiger partial charge in [-0.25, -0.2) is 9.78 Å². The molecule has 1 saturated heterocycles. The van der Waals surface area contributed by atoms with Gasteiger partial charge in [0.05, 0.1) is 0 Å². The lowest BCUT2D eigenvalue weighted by Gasteiger charge is -2.22. The van der Waals surface area contributed by atoms with Gasteiger partial charge in [-0.2, -0.15) is 0 Å². The van der Waals surface area contributed by atoms with Gasteiger partial charge in [0.1, 0.15) is 5.82 Å². The number of nitrogens with zero attached hydrogens (tertiary/aromatic N) is 2. The third kappa shape index (κ3) is 2.20. The largest absolute Gasteiger partial charge is 0.324 e. The first-order valence-electron chi connectivity index (χ1n) is 6.58. The Labute approximate surface area is 118 Å². The summed E-state index contributed by atoms with van der Waals surface area (Å²) in [4.78, 5) is 19.4. The summed E-state index contributed by atoms with van der Waals surface area (Å²) in [5, 5.41) is 2.87. The Hall–Kier alpha value is -1.23. The van der Waals surface area contributed by atoms with Crippen LogP contribution < -0.4 is 5.32 Å². The SMILES string of the molecule is CSc1ccc(NC(=O)N2C[C@H]3[C@H](C2)C3(C)C)nc1. The molecular formula is C14H19N3OS. The molecule has 0 radical (unpaired) electrons. The summed E-state index contributed by atoms with van der Waals surface area (Å²) >= 11 is 1.64. The average molecular weight is 277 g/mol. The van der Waals surface area contributed by atoms with Crippen LogP contribution in [0.4, 0.5) is 10.6 Å². The van der Waals surface area contributed by atoms with E-state index < -0.39 is 0 Å². The summed E-state index contributed by atoms with van der Waals surface area (Å²) in [7, 11) is 0.